The molecule has 0 bridgehead atoms. The summed E-state index contributed by atoms with van der Waals surface area (Å²) in [6.45, 7) is 1.68. The molecule has 0 aliphatic carbocycles. The molecule has 0 unspecified atom stereocenters. The van der Waals surface area contributed by atoms with Crippen molar-refractivity contribution in [3.8, 4) is 17.2 Å². The SMILES string of the molecule is COc1ccc(NC(=O)c2cnn(-c3ccc([N+](=O)[O-])cc3)c2C2CCNCC2)cc1OC.Cl. The number of carbonyl (C=O) groups is 1. The van der Waals surface area contributed by atoms with Crippen molar-refractivity contribution in [1.82, 2.24) is 15.1 Å². The van der Waals surface area contributed by atoms with Crippen LogP contribution in [-0.2, 0) is 0 Å². The largest absolute Gasteiger partial charge is 0.493 e. The Kier molecular flexibility index (Phi) is 8.08. The van der Waals surface area contributed by atoms with Crippen LogP contribution >= 0.6 is 12.4 Å². The van der Waals surface area contributed by atoms with Crippen molar-refractivity contribution in [2.45, 2.75) is 18.8 Å². The summed E-state index contributed by atoms with van der Waals surface area (Å²) in [7, 11) is 3.08. The first kappa shape index (κ1) is 25.0. The first-order chi connectivity index (χ1) is 16.0. The zero-order valence-electron chi connectivity index (χ0n) is 18.8. The number of nitro groups is 1. The molecule has 4 rings (SSSR count). The number of hydrogen-bond donors (Lipinski definition) is 2. The van der Waals surface area contributed by atoms with Gasteiger partial charge in [0.1, 0.15) is 0 Å². The van der Waals surface area contributed by atoms with Crippen LogP contribution in [0.5, 0.6) is 11.5 Å². The second kappa shape index (κ2) is 11.0. The maximum Gasteiger partial charge on any atom is 0.269 e. The van der Waals surface area contributed by atoms with Gasteiger partial charge in [-0.25, -0.2) is 4.68 Å². The maximum absolute atomic E-state index is 13.3. The number of benzene rings is 2. The highest BCUT2D eigenvalue weighted by molar-refractivity contribution is 6.05. The molecular weight excluding hydrogens is 462 g/mol. The van der Waals surface area contributed by atoms with E-state index in [0.717, 1.165) is 31.6 Å². The maximum atomic E-state index is 13.3. The molecule has 0 saturated carbocycles. The number of nitrogens with one attached hydrogen (secondary N) is 2. The number of methoxy groups -OCH3 is 2. The fraction of sp³-hybridized carbons (Fsp3) is 0.304. The minimum atomic E-state index is -0.442. The van der Waals surface area contributed by atoms with E-state index in [0.29, 0.717) is 28.4 Å². The van der Waals surface area contributed by atoms with E-state index in [-0.39, 0.29) is 29.9 Å². The highest BCUT2D eigenvalue weighted by Gasteiger charge is 2.27. The van der Waals surface area contributed by atoms with Gasteiger partial charge in [-0.3, -0.25) is 14.9 Å². The molecule has 1 saturated heterocycles. The number of hydrogen-bond acceptors (Lipinski definition) is 7. The molecule has 0 spiro atoms. The number of nitrogens with zero attached hydrogens (tertiary/aromatic N) is 3. The lowest BCUT2D eigenvalue weighted by molar-refractivity contribution is -0.384. The summed E-state index contributed by atoms with van der Waals surface area (Å²) < 4.78 is 12.3. The topological polar surface area (TPSA) is 121 Å². The summed E-state index contributed by atoms with van der Waals surface area (Å²) in [5, 5.41) is 21.8. The Balaban J connectivity index is 0.00000324. The molecule has 0 radical (unpaired) electrons. The first-order valence-electron chi connectivity index (χ1n) is 10.6. The van der Waals surface area contributed by atoms with Gasteiger partial charge in [0.2, 0.25) is 0 Å². The van der Waals surface area contributed by atoms with Gasteiger partial charge in [-0.1, -0.05) is 0 Å². The van der Waals surface area contributed by atoms with Gasteiger partial charge in [0.05, 0.1) is 42.3 Å². The summed E-state index contributed by atoms with van der Waals surface area (Å²) in [4.78, 5) is 23.9. The molecule has 180 valence electrons. The lowest BCUT2D eigenvalue weighted by Gasteiger charge is -2.24. The zero-order valence-corrected chi connectivity index (χ0v) is 19.6. The molecule has 0 atom stereocenters. The van der Waals surface area contributed by atoms with Gasteiger partial charge in [-0.05, 0) is 50.2 Å². The molecular formula is C23H26ClN5O5. The van der Waals surface area contributed by atoms with E-state index >= 15 is 0 Å². The fourth-order valence-corrected chi connectivity index (χ4v) is 4.05. The lowest BCUT2D eigenvalue weighted by Crippen LogP contribution is -2.29. The minimum Gasteiger partial charge on any atom is -0.493 e. The van der Waals surface area contributed by atoms with E-state index in [1.165, 1.54) is 19.2 Å². The van der Waals surface area contributed by atoms with Gasteiger partial charge < -0.3 is 20.1 Å². The van der Waals surface area contributed by atoms with Crippen LogP contribution in [0.25, 0.3) is 5.69 Å². The molecule has 10 nitrogen and oxygen atoms in total. The van der Waals surface area contributed by atoms with Gasteiger partial charge >= 0.3 is 0 Å². The summed E-state index contributed by atoms with van der Waals surface area (Å²) in [5.74, 6) is 0.909. The molecule has 2 aromatic carbocycles. The predicted octanol–water partition coefficient (Wildman–Crippen LogP) is 3.94. The summed E-state index contributed by atoms with van der Waals surface area (Å²) >= 11 is 0. The Bertz CT molecular complexity index is 1160. The molecule has 1 aromatic heterocycles. The van der Waals surface area contributed by atoms with Gasteiger partial charge in [0.25, 0.3) is 11.6 Å². The average molecular weight is 488 g/mol. The van der Waals surface area contributed by atoms with Crippen LogP contribution in [0.1, 0.15) is 34.8 Å². The van der Waals surface area contributed by atoms with Gasteiger partial charge in [-0.15, -0.1) is 12.4 Å². The number of anilines is 1. The molecule has 1 aliphatic heterocycles. The van der Waals surface area contributed by atoms with E-state index < -0.39 is 4.92 Å². The van der Waals surface area contributed by atoms with E-state index in [2.05, 4.69) is 15.7 Å². The number of carbonyl (C=O) groups excluding carboxylic acids is 1. The highest BCUT2D eigenvalue weighted by Crippen LogP contribution is 2.33. The summed E-state index contributed by atoms with van der Waals surface area (Å²) in [6.07, 6.45) is 3.26. The number of piperidine rings is 1. The van der Waals surface area contributed by atoms with Crippen LogP contribution < -0.4 is 20.1 Å². The van der Waals surface area contributed by atoms with Crippen molar-refractivity contribution in [1.29, 1.82) is 0 Å². The lowest BCUT2D eigenvalue weighted by atomic mass is 9.91. The Morgan fingerprint density at radius 3 is 2.41 bits per heavy atom. The molecule has 2 N–H and O–H groups in total. The van der Waals surface area contributed by atoms with Crippen LogP contribution in [0.15, 0.2) is 48.7 Å². The molecule has 1 aliphatic rings. The third-order valence-corrected chi connectivity index (χ3v) is 5.72. The van der Waals surface area contributed by atoms with Crippen molar-refractivity contribution in [2.24, 2.45) is 0 Å². The smallest absolute Gasteiger partial charge is 0.269 e. The number of ether oxygens (including phenoxy) is 2. The predicted molar refractivity (Wildman–Crippen MR) is 130 cm³/mol. The van der Waals surface area contributed by atoms with Gasteiger partial charge in [0.15, 0.2) is 11.5 Å². The van der Waals surface area contributed by atoms with Crippen LogP contribution in [0.4, 0.5) is 11.4 Å². The highest BCUT2D eigenvalue weighted by atomic mass is 35.5. The van der Waals surface area contributed by atoms with Crippen LogP contribution in [0.2, 0.25) is 0 Å². The van der Waals surface area contributed by atoms with Crippen molar-refractivity contribution in [2.75, 3.05) is 32.6 Å². The minimum absolute atomic E-state index is 0. The van der Waals surface area contributed by atoms with E-state index in [9.17, 15) is 14.9 Å². The van der Waals surface area contributed by atoms with Crippen LogP contribution in [0, 0.1) is 10.1 Å². The third kappa shape index (κ3) is 5.13. The quantitative estimate of drug-likeness (QED) is 0.382. The van der Waals surface area contributed by atoms with Crippen molar-refractivity contribution in [3.63, 3.8) is 0 Å². The molecule has 1 amide bonds. The van der Waals surface area contributed by atoms with Crippen molar-refractivity contribution >= 4 is 29.7 Å². The standard InChI is InChI=1S/C23H25N5O5.ClH/c1-32-20-8-3-16(13-21(20)33-2)26-23(29)19-14-25-27(22(19)15-9-11-24-12-10-15)17-4-6-18(7-5-17)28(30)31;/h3-8,13-15,24H,9-12H2,1-2H3,(H,26,29);1H. The van der Waals surface area contributed by atoms with Crippen LogP contribution in [-0.4, -0.2) is 47.9 Å². The number of halogens is 1. The molecule has 34 heavy (non-hydrogen) atoms. The van der Waals surface area contributed by atoms with Crippen LogP contribution in [0.3, 0.4) is 0 Å². The Morgan fingerprint density at radius 1 is 1.12 bits per heavy atom. The normalized spacial score (nSPS) is 13.6. The average Bonchev–Trinajstić information content (AvgIpc) is 3.30. The summed E-state index contributed by atoms with van der Waals surface area (Å²) in [5.41, 5.74) is 2.50. The number of nitro benzene ring substituents is 1. The van der Waals surface area contributed by atoms with E-state index in [1.807, 2.05) is 0 Å². The molecule has 1 fully saturated rings. The Morgan fingerprint density at radius 2 is 1.79 bits per heavy atom. The molecule has 11 heteroatoms. The van der Waals surface area contributed by atoms with Crippen molar-refractivity contribution < 1.29 is 19.2 Å². The van der Waals surface area contributed by atoms with E-state index in [1.54, 1.807) is 48.3 Å². The number of amides is 1. The monoisotopic (exact) mass is 487 g/mol. The second-order valence-corrected chi connectivity index (χ2v) is 7.68. The third-order valence-electron chi connectivity index (χ3n) is 5.72. The zero-order chi connectivity index (χ0) is 23.4. The molecule has 3 aromatic rings. The van der Waals surface area contributed by atoms with Crippen molar-refractivity contribution in [3.05, 3.63) is 70.0 Å². The number of aromatic nitrogens is 2. The Hall–Kier alpha value is -3.63. The fourth-order valence-electron chi connectivity index (χ4n) is 4.05. The molecule has 2 heterocycles. The Labute approximate surface area is 202 Å². The second-order valence-electron chi connectivity index (χ2n) is 7.68. The van der Waals surface area contributed by atoms with E-state index in [4.69, 9.17) is 9.47 Å². The number of non-ortho nitro benzene ring substituents is 1. The number of rotatable bonds is 7. The summed E-state index contributed by atoms with van der Waals surface area (Å²) in [6, 6.07) is 11.3. The first-order valence-corrected chi connectivity index (χ1v) is 10.6. The van der Waals surface area contributed by atoms with Gasteiger partial charge in [0, 0.05) is 29.8 Å². The van der Waals surface area contributed by atoms with Gasteiger partial charge in [-0.2, -0.15) is 5.10 Å².